The number of hydrogen-bond donors (Lipinski definition) is 0. The van der Waals surface area contributed by atoms with Gasteiger partial charge >= 0.3 is 0 Å². The van der Waals surface area contributed by atoms with E-state index in [2.05, 4.69) is 13.8 Å². The lowest BCUT2D eigenvalue weighted by molar-refractivity contribution is 0.358. The van der Waals surface area contributed by atoms with Crippen LogP contribution < -0.4 is 0 Å². The SMILES string of the molecule is CC(C)c1cccc(S(=O)(=O)N(C)CCN(C)C)c1. The molecule has 0 spiro atoms. The maximum atomic E-state index is 12.4. The molecule has 0 fully saturated rings. The Morgan fingerprint density at radius 3 is 2.26 bits per heavy atom. The van der Waals surface area contributed by atoms with Crippen molar-refractivity contribution < 1.29 is 8.42 Å². The van der Waals surface area contributed by atoms with Gasteiger partial charge in [0.1, 0.15) is 0 Å². The summed E-state index contributed by atoms with van der Waals surface area (Å²) in [7, 11) is 2.10. The van der Waals surface area contributed by atoms with Gasteiger partial charge in [0.05, 0.1) is 4.90 Å². The summed E-state index contributed by atoms with van der Waals surface area (Å²) in [5, 5.41) is 0. The minimum atomic E-state index is -3.38. The van der Waals surface area contributed by atoms with Crippen LogP contribution in [-0.4, -0.2) is 51.9 Å². The molecule has 0 unspecified atom stereocenters. The van der Waals surface area contributed by atoms with Gasteiger partial charge in [-0.05, 0) is 37.7 Å². The second-order valence-corrected chi connectivity index (χ2v) is 7.40. The molecule has 0 aliphatic carbocycles. The van der Waals surface area contributed by atoms with E-state index in [0.717, 1.165) is 5.56 Å². The van der Waals surface area contributed by atoms with Gasteiger partial charge in [-0.2, -0.15) is 4.31 Å². The molecule has 0 amide bonds. The molecule has 5 heteroatoms. The fourth-order valence-corrected chi connectivity index (χ4v) is 2.89. The first kappa shape index (κ1) is 16.1. The van der Waals surface area contributed by atoms with E-state index < -0.39 is 10.0 Å². The molecule has 4 nitrogen and oxygen atoms in total. The maximum absolute atomic E-state index is 12.4. The molecule has 0 aliphatic heterocycles. The van der Waals surface area contributed by atoms with Crippen LogP contribution in [0.1, 0.15) is 25.3 Å². The highest BCUT2D eigenvalue weighted by Crippen LogP contribution is 2.20. The smallest absolute Gasteiger partial charge is 0.242 e. The third-order valence-corrected chi connectivity index (χ3v) is 4.95. The second-order valence-electron chi connectivity index (χ2n) is 5.36. The summed E-state index contributed by atoms with van der Waals surface area (Å²) >= 11 is 0. The van der Waals surface area contributed by atoms with E-state index in [1.165, 1.54) is 4.31 Å². The quantitative estimate of drug-likeness (QED) is 0.802. The molecule has 0 aromatic heterocycles. The van der Waals surface area contributed by atoms with Crippen LogP contribution in [0.15, 0.2) is 29.2 Å². The Labute approximate surface area is 117 Å². The summed E-state index contributed by atoms with van der Waals surface area (Å²) in [6.07, 6.45) is 0. The normalized spacial score (nSPS) is 12.6. The van der Waals surface area contributed by atoms with Crippen LogP contribution in [0.5, 0.6) is 0 Å². The topological polar surface area (TPSA) is 40.6 Å². The van der Waals surface area contributed by atoms with Gasteiger partial charge in [0, 0.05) is 20.1 Å². The van der Waals surface area contributed by atoms with E-state index in [9.17, 15) is 8.42 Å². The minimum Gasteiger partial charge on any atom is -0.308 e. The molecule has 19 heavy (non-hydrogen) atoms. The van der Waals surface area contributed by atoms with Gasteiger partial charge < -0.3 is 4.90 Å². The number of hydrogen-bond acceptors (Lipinski definition) is 3. The molecule has 0 aliphatic rings. The molecule has 0 N–H and O–H groups in total. The van der Waals surface area contributed by atoms with Crippen LogP contribution in [0.25, 0.3) is 0 Å². The third-order valence-electron chi connectivity index (χ3n) is 3.10. The van der Waals surface area contributed by atoms with Crippen molar-refractivity contribution in [3.63, 3.8) is 0 Å². The highest BCUT2D eigenvalue weighted by atomic mass is 32.2. The zero-order valence-corrected chi connectivity index (χ0v) is 13.2. The Balaban J connectivity index is 2.96. The second kappa shape index (κ2) is 6.50. The fraction of sp³-hybridized carbons (Fsp3) is 0.571. The summed E-state index contributed by atoms with van der Waals surface area (Å²) < 4.78 is 26.3. The fourth-order valence-electron chi connectivity index (χ4n) is 1.68. The lowest BCUT2D eigenvalue weighted by atomic mass is 10.0. The molecule has 1 rings (SSSR count). The van der Waals surface area contributed by atoms with E-state index in [1.54, 1.807) is 19.2 Å². The maximum Gasteiger partial charge on any atom is 0.242 e. The van der Waals surface area contributed by atoms with Crippen molar-refractivity contribution in [2.24, 2.45) is 0 Å². The molecule has 0 heterocycles. The summed E-state index contributed by atoms with van der Waals surface area (Å²) in [4.78, 5) is 2.34. The highest BCUT2D eigenvalue weighted by Gasteiger charge is 2.21. The highest BCUT2D eigenvalue weighted by molar-refractivity contribution is 7.89. The Morgan fingerprint density at radius 1 is 1.11 bits per heavy atom. The van der Waals surface area contributed by atoms with Crippen molar-refractivity contribution in [2.75, 3.05) is 34.2 Å². The molecule has 0 bridgehead atoms. The van der Waals surface area contributed by atoms with Crippen LogP contribution in [0.2, 0.25) is 0 Å². The Bertz CT molecular complexity index is 510. The van der Waals surface area contributed by atoms with Crippen molar-refractivity contribution in [1.82, 2.24) is 9.21 Å². The van der Waals surface area contributed by atoms with E-state index in [-0.39, 0.29) is 0 Å². The Hall–Kier alpha value is -0.910. The first-order chi connectivity index (χ1) is 8.75. The molecule has 0 saturated heterocycles. The third kappa shape index (κ3) is 4.30. The lowest BCUT2D eigenvalue weighted by Crippen LogP contribution is -2.33. The number of likely N-dealkylation sites (N-methyl/N-ethyl adjacent to an activating group) is 2. The molecule has 108 valence electrons. The van der Waals surface area contributed by atoms with Crippen LogP contribution in [-0.2, 0) is 10.0 Å². The minimum absolute atomic E-state index is 0.322. The van der Waals surface area contributed by atoms with Gasteiger partial charge in [-0.15, -0.1) is 0 Å². The van der Waals surface area contributed by atoms with Crippen LogP contribution in [0, 0.1) is 0 Å². The lowest BCUT2D eigenvalue weighted by Gasteiger charge is -2.20. The number of nitrogens with zero attached hydrogens (tertiary/aromatic N) is 2. The average molecular weight is 284 g/mol. The zero-order chi connectivity index (χ0) is 14.6. The van der Waals surface area contributed by atoms with E-state index in [4.69, 9.17) is 0 Å². The van der Waals surface area contributed by atoms with Crippen LogP contribution in [0.4, 0.5) is 0 Å². The molecular formula is C14H24N2O2S. The van der Waals surface area contributed by atoms with Gasteiger partial charge in [0.25, 0.3) is 0 Å². The number of benzene rings is 1. The molecule has 0 saturated carbocycles. The van der Waals surface area contributed by atoms with Crippen molar-refractivity contribution in [3.8, 4) is 0 Å². The number of sulfonamides is 1. The van der Waals surface area contributed by atoms with Gasteiger partial charge in [-0.3, -0.25) is 0 Å². The van der Waals surface area contributed by atoms with Crippen molar-refractivity contribution >= 4 is 10.0 Å². The van der Waals surface area contributed by atoms with E-state index >= 15 is 0 Å². The van der Waals surface area contributed by atoms with Gasteiger partial charge in [-0.25, -0.2) is 8.42 Å². The summed E-state index contributed by atoms with van der Waals surface area (Å²) in [6.45, 7) is 5.31. The zero-order valence-electron chi connectivity index (χ0n) is 12.4. The molecule has 1 aromatic rings. The molecular weight excluding hydrogens is 260 g/mol. The number of rotatable bonds is 6. The van der Waals surface area contributed by atoms with Crippen molar-refractivity contribution in [3.05, 3.63) is 29.8 Å². The van der Waals surface area contributed by atoms with Crippen LogP contribution >= 0.6 is 0 Å². The predicted octanol–water partition coefficient (Wildman–Crippen LogP) is 1.99. The summed E-state index contributed by atoms with van der Waals surface area (Å²) in [5.74, 6) is 0.322. The largest absolute Gasteiger partial charge is 0.308 e. The van der Waals surface area contributed by atoms with Crippen molar-refractivity contribution in [1.29, 1.82) is 0 Å². The molecule has 0 radical (unpaired) electrons. The first-order valence-electron chi connectivity index (χ1n) is 6.46. The first-order valence-corrected chi connectivity index (χ1v) is 7.90. The van der Waals surface area contributed by atoms with Gasteiger partial charge in [0.15, 0.2) is 0 Å². The monoisotopic (exact) mass is 284 g/mol. The van der Waals surface area contributed by atoms with Crippen molar-refractivity contribution in [2.45, 2.75) is 24.7 Å². The van der Waals surface area contributed by atoms with E-state index in [1.807, 2.05) is 31.1 Å². The Kier molecular flexibility index (Phi) is 5.52. The summed E-state index contributed by atoms with van der Waals surface area (Å²) in [6, 6.07) is 7.20. The molecule has 1 aromatic carbocycles. The average Bonchev–Trinajstić information content (AvgIpc) is 2.35. The molecule has 0 atom stereocenters. The van der Waals surface area contributed by atoms with Gasteiger partial charge in [-0.1, -0.05) is 26.0 Å². The predicted molar refractivity (Wildman–Crippen MR) is 78.9 cm³/mol. The van der Waals surface area contributed by atoms with Crippen LogP contribution in [0.3, 0.4) is 0 Å². The standard InChI is InChI=1S/C14H24N2O2S/c1-12(2)13-7-6-8-14(11-13)19(17,18)16(5)10-9-15(3)4/h6-8,11-12H,9-10H2,1-5H3. The van der Waals surface area contributed by atoms with E-state index in [0.29, 0.717) is 23.9 Å². The Morgan fingerprint density at radius 2 is 1.74 bits per heavy atom. The van der Waals surface area contributed by atoms with Gasteiger partial charge in [0.2, 0.25) is 10.0 Å². The summed E-state index contributed by atoms with van der Waals surface area (Å²) in [5.41, 5.74) is 1.04.